The molecule has 1 aliphatic heterocycles. The van der Waals surface area contributed by atoms with E-state index in [9.17, 15) is 9.90 Å². The number of aromatic nitrogens is 2. The number of morpholine rings is 1. The number of hydrogen-bond donors (Lipinski definition) is 2. The molecule has 0 aliphatic carbocycles. The average Bonchev–Trinajstić information content (AvgIpc) is 2.70. The number of aryl methyl sites for hydroxylation is 2. The third-order valence-corrected chi connectivity index (χ3v) is 3.37. The van der Waals surface area contributed by atoms with Gasteiger partial charge in [-0.15, -0.1) is 0 Å². The summed E-state index contributed by atoms with van der Waals surface area (Å²) >= 11 is 0. The third-order valence-electron chi connectivity index (χ3n) is 3.37. The van der Waals surface area contributed by atoms with Crippen molar-refractivity contribution in [1.82, 2.24) is 15.1 Å². The lowest BCUT2D eigenvalue weighted by Crippen LogP contribution is -2.51. The van der Waals surface area contributed by atoms with Crippen LogP contribution in [0, 0.1) is 13.8 Å². The van der Waals surface area contributed by atoms with Gasteiger partial charge in [-0.25, -0.2) is 0 Å². The van der Waals surface area contributed by atoms with Crippen LogP contribution in [-0.2, 0) is 16.0 Å². The second kappa shape index (κ2) is 5.49. The molecule has 0 bridgehead atoms. The first-order valence-electron chi connectivity index (χ1n) is 6.12. The standard InChI is InChI=1S/C12H19N3O3/c1-8-11(9(2)14-13-8)5-12(17)15-3-4-18-7-10(15)6-16/h10,16H,3-7H2,1-2H3,(H,13,14). The molecule has 6 heteroatoms. The molecule has 0 radical (unpaired) electrons. The van der Waals surface area contributed by atoms with Crippen LogP contribution < -0.4 is 0 Å². The lowest BCUT2D eigenvalue weighted by Gasteiger charge is -2.34. The van der Waals surface area contributed by atoms with Crippen molar-refractivity contribution in [2.24, 2.45) is 0 Å². The summed E-state index contributed by atoms with van der Waals surface area (Å²) in [5.74, 6) is 0.0185. The van der Waals surface area contributed by atoms with Gasteiger partial charge in [0.1, 0.15) is 0 Å². The number of amides is 1. The largest absolute Gasteiger partial charge is 0.394 e. The van der Waals surface area contributed by atoms with Crippen LogP contribution in [-0.4, -0.2) is 58.5 Å². The average molecular weight is 253 g/mol. The Bertz CT molecular complexity index is 411. The number of aliphatic hydroxyl groups excluding tert-OH is 1. The van der Waals surface area contributed by atoms with Gasteiger partial charge in [0.05, 0.1) is 38.0 Å². The minimum absolute atomic E-state index is 0.0185. The van der Waals surface area contributed by atoms with Crippen molar-refractivity contribution in [3.05, 3.63) is 17.0 Å². The normalized spacial score (nSPS) is 20.2. The Morgan fingerprint density at radius 2 is 2.39 bits per heavy atom. The Hall–Kier alpha value is -1.40. The maximum atomic E-state index is 12.3. The van der Waals surface area contributed by atoms with Crippen molar-refractivity contribution in [2.45, 2.75) is 26.3 Å². The molecule has 6 nitrogen and oxygen atoms in total. The molecule has 1 amide bonds. The van der Waals surface area contributed by atoms with Gasteiger partial charge in [0.25, 0.3) is 0 Å². The topological polar surface area (TPSA) is 78.5 Å². The zero-order valence-electron chi connectivity index (χ0n) is 10.8. The van der Waals surface area contributed by atoms with Crippen molar-refractivity contribution < 1.29 is 14.6 Å². The van der Waals surface area contributed by atoms with Gasteiger partial charge in [-0.05, 0) is 13.8 Å². The molecule has 2 N–H and O–H groups in total. The van der Waals surface area contributed by atoms with Gasteiger partial charge in [0.15, 0.2) is 0 Å². The van der Waals surface area contributed by atoms with Crippen LogP contribution in [0.5, 0.6) is 0 Å². The molecule has 1 atom stereocenters. The number of ether oxygens (including phenoxy) is 1. The van der Waals surface area contributed by atoms with Crippen molar-refractivity contribution in [2.75, 3.05) is 26.4 Å². The summed E-state index contributed by atoms with van der Waals surface area (Å²) in [5, 5.41) is 16.2. The number of aliphatic hydroxyl groups is 1. The van der Waals surface area contributed by atoms with E-state index in [2.05, 4.69) is 10.2 Å². The molecule has 1 fully saturated rings. The minimum atomic E-state index is -0.223. The van der Waals surface area contributed by atoms with Crippen LogP contribution in [0.25, 0.3) is 0 Å². The highest BCUT2D eigenvalue weighted by molar-refractivity contribution is 5.79. The molecule has 1 aromatic heterocycles. The molecule has 1 saturated heterocycles. The monoisotopic (exact) mass is 253 g/mol. The highest BCUT2D eigenvalue weighted by atomic mass is 16.5. The maximum Gasteiger partial charge on any atom is 0.227 e. The number of H-pyrrole nitrogens is 1. The molecular weight excluding hydrogens is 234 g/mol. The zero-order chi connectivity index (χ0) is 13.1. The molecule has 0 spiro atoms. The molecule has 1 aromatic rings. The maximum absolute atomic E-state index is 12.3. The first-order valence-corrected chi connectivity index (χ1v) is 6.12. The SMILES string of the molecule is Cc1n[nH]c(C)c1CC(=O)N1CCOCC1CO. The number of nitrogens with zero attached hydrogens (tertiary/aromatic N) is 2. The Morgan fingerprint density at radius 1 is 1.61 bits per heavy atom. The lowest BCUT2D eigenvalue weighted by atomic mass is 10.1. The molecular formula is C12H19N3O3. The van der Waals surface area contributed by atoms with E-state index in [0.717, 1.165) is 17.0 Å². The molecule has 2 rings (SSSR count). The third kappa shape index (κ3) is 2.54. The van der Waals surface area contributed by atoms with Gasteiger partial charge in [-0.1, -0.05) is 0 Å². The highest BCUT2D eigenvalue weighted by Gasteiger charge is 2.27. The minimum Gasteiger partial charge on any atom is -0.394 e. The summed E-state index contributed by atoms with van der Waals surface area (Å²) in [6, 6.07) is -0.223. The predicted molar refractivity (Wildman–Crippen MR) is 65.2 cm³/mol. The number of rotatable bonds is 3. The molecule has 18 heavy (non-hydrogen) atoms. The second-order valence-corrected chi connectivity index (χ2v) is 4.59. The van der Waals surface area contributed by atoms with Crippen LogP contribution in [0.3, 0.4) is 0 Å². The molecule has 100 valence electrons. The van der Waals surface area contributed by atoms with Gasteiger partial charge >= 0.3 is 0 Å². The first-order chi connectivity index (χ1) is 8.63. The van der Waals surface area contributed by atoms with Crippen LogP contribution in [0.4, 0.5) is 0 Å². The second-order valence-electron chi connectivity index (χ2n) is 4.59. The predicted octanol–water partition coefficient (Wildman–Crippen LogP) is -0.211. The van der Waals surface area contributed by atoms with Crippen LogP contribution in [0.1, 0.15) is 17.0 Å². The summed E-state index contributed by atoms with van der Waals surface area (Å²) in [5.41, 5.74) is 2.73. The summed E-state index contributed by atoms with van der Waals surface area (Å²) in [4.78, 5) is 14.0. The molecule has 1 aliphatic rings. The van der Waals surface area contributed by atoms with E-state index in [4.69, 9.17) is 4.74 Å². The Kier molecular flexibility index (Phi) is 3.98. The zero-order valence-corrected chi connectivity index (χ0v) is 10.8. The Morgan fingerprint density at radius 3 is 3.00 bits per heavy atom. The van der Waals surface area contributed by atoms with Crippen LogP contribution >= 0.6 is 0 Å². The van der Waals surface area contributed by atoms with Gasteiger partial charge in [0.2, 0.25) is 5.91 Å². The van der Waals surface area contributed by atoms with Gasteiger partial charge in [-0.2, -0.15) is 5.10 Å². The van der Waals surface area contributed by atoms with E-state index in [-0.39, 0.29) is 18.6 Å². The number of carbonyl (C=O) groups excluding carboxylic acids is 1. The highest BCUT2D eigenvalue weighted by Crippen LogP contribution is 2.14. The summed E-state index contributed by atoms with van der Waals surface area (Å²) < 4.78 is 5.26. The van der Waals surface area contributed by atoms with Crippen LogP contribution in [0.15, 0.2) is 0 Å². The van der Waals surface area contributed by atoms with E-state index < -0.39 is 0 Å². The van der Waals surface area contributed by atoms with Crippen molar-refractivity contribution in [3.63, 3.8) is 0 Å². The van der Waals surface area contributed by atoms with E-state index in [1.807, 2.05) is 13.8 Å². The number of carbonyl (C=O) groups is 1. The van der Waals surface area contributed by atoms with E-state index >= 15 is 0 Å². The van der Waals surface area contributed by atoms with Crippen molar-refractivity contribution in [3.8, 4) is 0 Å². The Balaban J connectivity index is 2.07. The van der Waals surface area contributed by atoms with Crippen LogP contribution in [0.2, 0.25) is 0 Å². The smallest absolute Gasteiger partial charge is 0.227 e. The number of nitrogens with one attached hydrogen (secondary N) is 1. The quantitative estimate of drug-likeness (QED) is 0.781. The fraction of sp³-hybridized carbons (Fsp3) is 0.667. The van der Waals surface area contributed by atoms with E-state index in [1.165, 1.54) is 0 Å². The molecule has 2 heterocycles. The fourth-order valence-corrected chi connectivity index (χ4v) is 2.22. The van der Waals surface area contributed by atoms with E-state index in [1.54, 1.807) is 4.90 Å². The summed E-state index contributed by atoms with van der Waals surface area (Å²) in [7, 11) is 0. The van der Waals surface area contributed by atoms with E-state index in [0.29, 0.717) is 26.2 Å². The van der Waals surface area contributed by atoms with Crippen molar-refractivity contribution >= 4 is 5.91 Å². The molecule has 0 aromatic carbocycles. The number of aromatic amines is 1. The summed E-state index contributed by atoms with van der Waals surface area (Å²) in [6.45, 7) is 5.21. The van der Waals surface area contributed by atoms with Crippen molar-refractivity contribution in [1.29, 1.82) is 0 Å². The molecule has 0 saturated carbocycles. The number of hydrogen-bond acceptors (Lipinski definition) is 4. The first kappa shape index (κ1) is 13.0. The van der Waals surface area contributed by atoms with Gasteiger partial charge < -0.3 is 14.7 Å². The van der Waals surface area contributed by atoms with Gasteiger partial charge in [-0.3, -0.25) is 9.89 Å². The summed E-state index contributed by atoms with van der Waals surface area (Å²) in [6.07, 6.45) is 0.324. The molecule has 1 unspecified atom stereocenters. The van der Waals surface area contributed by atoms with Gasteiger partial charge in [0, 0.05) is 17.8 Å². The lowest BCUT2D eigenvalue weighted by molar-refractivity contribution is -0.140. The fourth-order valence-electron chi connectivity index (χ4n) is 2.22. The Labute approximate surface area is 106 Å².